The van der Waals surface area contributed by atoms with Crippen LogP contribution < -0.4 is 0 Å². The largest absolute Gasteiger partial charge is 0.458 e. The third-order valence-corrected chi connectivity index (χ3v) is 10.7. The van der Waals surface area contributed by atoms with Crippen molar-refractivity contribution in [2.75, 3.05) is 0 Å². The van der Waals surface area contributed by atoms with Crippen molar-refractivity contribution in [3.8, 4) is 0 Å². The van der Waals surface area contributed by atoms with Crippen LogP contribution in [-0.4, -0.2) is 46.1 Å². The van der Waals surface area contributed by atoms with E-state index in [1.807, 2.05) is 26.0 Å². The number of esters is 2. The Bertz CT molecular complexity index is 1140. The third-order valence-electron chi connectivity index (χ3n) is 10.7. The number of rotatable bonds is 2. The summed E-state index contributed by atoms with van der Waals surface area (Å²) in [6.07, 6.45) is 10.8. The summed E-state index contributed by atoms with van der Waals surface area (Å²) in [7, 11) is 0. The molecule has 3 heterocycles. The number of allylic oxidation sites excluding steroid dienone is 2. The van der Waals surface area contributed by atoms with Crippen LogP contribution in [0.1, 0.15) is 66.7 Å². The van der Waals surface area contributed by atoms with E-state index in [4.69, 9.17) is 14.2 Å². The summed E-state index contributed by atoms with van der Waals surface area (Å²) in [4.78, 5) is 24.5. The second kappa shape index (κ2) is 7.44. The van der Waals surface area contributed by atoms with Crippen molar-refractivity contribution in [3.05, 3.63) is 47.6 Å². The maximum absolute atomic E-state index is 12.4. The van der Waals surface area contributed by atoms with E-state index in [9.17, 15) is 14.7 Å². The van der Waals surface area contributed by atoms with Gasteiger partial charge in [-0.25, -0.2) is 9.59 Å². The highest BCUT2D eigenvalue weighted by atomic mass is 16.6. The summed E-state index contributed by atoms with van der Waals surface area (Å²) in [6.45, 7) is 14.7. The van der Waals surface area contributed by atoms with Gasteiger partial charge in [-0.15, -0.1) is 0 Å². The monoisotopic (exact) mass is 494 g/mol. The van der Waals surface area contributed by atoms with E-state index in [-0.39, 0.29) is 53.2 Å². The highest BCUT2D eigenvalue weighted by molar-refractivity contribution is 5.88. The quantitative estimate of drug-likeness (QED) is 0.447. The van der Waals surface area contributed by atoms with Gasteiger partial charge in [-0.1, -0.05) is 32.6 Å². The number of ether oxygens (including phenoxy) is 3. The number of aliphatic hydroxyl groups is 1. The predicted molar refractivity (Wildman–Crippen MR) is 134 cm³/mol. The summed E-state index contributed by atoms with van der Waals surface area (Å²) in [6, 6.07) is 0. The summed E-state index contributed by atoms with van der Waals surface area (Å²) < 4.78 is 18.0. The second-order valence-corrected chi connectivity index (χ2v) is 12.9. The molecule has 0 aromatic carbocycles. The van der Waals surface area contributed by atoms with Gasteiger partial charge in [0.15, 0.2) is 0 Å². The van der Waals surface area contributed by atoms with Gasteiger partial charge in [0, 0.05) is 29.9 Å². The predicted octanol–water partition coefficient (Wildman–Crippen LogP) is 4.58. The van der Waals surface area contributed by atoms with Gasteiger partial charge in [-0.3, -0.25) is 0 Å². The fourth-order valence-electron chi connectivity index (χ4n) is 8.68. The zero-order valence-corrected chi connectivity index (χ0v) is 22.0. The van der Waals surface area contributed by atoms with Gasteiger partial charge in [-0.05, 0) is 80.9 Å². The van der Waals surface area contributed by atoms with Crippen molar-refractivity contribution in [1.82, 2.24) is 0 Å². The van der Waals surface area contributed by atoms with Crippen LogP contribution in [0, 0.1) is 29.1 Å². The SMILES string of the molecule is C=C1C(C(C)C2CC=C(C)C(=O)O2)=CCC2(C)C1CC1(O)C2CCC2C(C)(C)OC(=O)C=CC23OC13. The lowest BCUT2D eigenvalue weighted by atomic mass is 9.61. The number of carbonyl (C=O) groups is 2. The van der Waals surface area contributed by atoms with E-state index >= 15 is 0 Å². The normalized spacial score (nSPS) is 47.5. The molecule has 0 aromatic heterocycles. The zero-order valence-electron chi connectivity index (χ0n) is 22.0. The van der Waals surface area contributed by atoms with Crippen LogP contribution in [0.5, 0.6) is 0 Å². The zero-order chi connectivity index (χ0) is 25.8. The molecule has 1 saturated heterocycles. The molecule has 3 fully saturated rings. The van der Waals surface area contributed by atoms with Crippen molar-refractivity contribution >= 4 is 11.9 Å². The minimum Gasteiger partial charge on any atom is -0.458 e. The Kier molecular flexibility index (Phi) is 5.00. The van der Waals surface area contributed by atoms with E-state index in [1.54, 1.807) is 6.92 Å². The molecule has 1 spiro atoms. The van der Waals surface area contributed by atoms with E-state index in [1.165, 1.54) is 6.08 Å². The number of cyclic esters (lactones) is 2. The first-order chi connectivity index (χ1) is 16.8. The van der Waals surface area contributed by atoms with Crippen LogP contribution >= 0.6 is 0 Å². The number of epoxide rings is 1. The van der Waals surface area contributed by atoms with Crippen LogP contribution in [-0.2, 0) is 23.8 Å². The molecule has 194 valence electrons. The number of carbonyl (C=O) groups excluding carboxylic acids is 2. The molecular weight excluding hydrogens is 456 g/mol. The van der Waals surface area contributed by atoms with Gasteiger partial charge in [0.25, 0.3) is 0 Å². The Labute approximate surface area is 213 Å². The molecule has 6 nitrogen and oxygen atoms in total. The number of hydrogen-bond acceptors (Lipinski definition) is 6. The average molecular weight is 495 g/mol. The number of hydrogen-bond donors (Lipinski definition) is 1. The molecule has 0 aromatic rings. The maximum atomic E-state index is 12.4. The lowest BCUT2D eigenvalue weighted by Crippen LogP contribution is -2.47. The maximum Gasteiger partial charge on any atom is 0.333 e. The van der Waals surface area contributed by atoms with Crippen LogP contribution in [0.3, 0.4) is 0 Å². The van der Waals surface area contributed by atoms with Crippen LogP contribution in [0.4, 0.5) is 0 Å². The Morgan fingerprint density at radius 1 is 1.14 bits per heavy atom. The van der Waals surface area contributed by atoms with E-state index in [2.05, 4.69) is 26.5 Å². The van der Waals surface area contributed by atoms with E-state index < -0.39 is 16.8 Å². The Morgan fingerprint density at radius 3 is 2.58 bits per heavy atom. The van der Waals surface area contributed by atoms with Crippen molar-refractivity contribution in [1.29, 1.82) is 0 Å². The third kappa shape index (κ3) is 3.10. The highest BCUT2D eigenvalue weighted by Crippen LogP contribution is 2.70. The van der Waals surface area contributed by atoms with Crippen LogP contribution in [0.2, 0.25) is 0 Å². The molecule has 6 aliphatic rings. The van der Waals surface area contributed by atoms with E-state index in [0.29, 0.717) is 18.4 Å². The molecule has 1 N–H and O–H groups in total. The van der Waals surface area contributed by atoms with Crippen molar-refractivity contribution in [2.24, 2.45) is 29.1 Å². The average Bonchev–Trinajstić information content (AvgIpc) is 3.51. The fourth-order valence-corrected chi connectivity index (χ4v) is 8.68. The molecule has 0 radical (unpaired) electrons. The van der Waals surface area contributed by atoms with Gasteiger partial charge in [0.2, 0.25) is 0 Å². The lowest BCUT2D eigenvalue weighted by Gasteiger charge is -2.44. The Morgan fingerprint density at radius 2 is 1.86 bits per heavy atom. The number of fused-ring (bicyclic) bond motifs is 4. The highest BCUT2D eigenvalue weighted by Gasteiger charge is 2.78. The van der Waals surface area contributed by atoms with E-state index in [0.717, 1.165) is 30.4 Å². The summed E-state index contributed by atoms with van der Waals surface area (Å²) in [5, 5.41) is 12.4. The van der Waals surface area contributed by atoms with Gasteiger partial charge < -0.3 is 19.3 Å². The first kappa shape index (κ1) is 24.2. The summed E-state index contributed by atoms with van der Waals surface area (Å²) in [5.41, 5.74) is 0.385. The molecule has 6 heteroatoms. The molecule has 6 rings (SSSR count). The molecule has 9 unspecified atom stereocenters. The van der Waals surface area contributed by atoms with Crippen molar-refractivity contribution in [2.45, 2.75) is 95.7 Å². The molecule has 0 amide bonds. The Balaban J connectivity index is 1.31. The standard InChI is InChI=1S/C30H38O6/c1-16-7-8-21(34-25(16)32)18(3)19-11-13-28(6)20(17(19)2)15-29(33)23(28)10-9-22-27(4,5)35-24(31)12-14-30(22)26(29)36-30/h7,11-12,14,18,20-23,26,33H,2,8-10,13,15H2,1,3-6H3. The van der Waals surface area contributed by atoms with Gasteiger partial charge >= 0.3 is 11.9 Å². The summed E-state index contributed by atoms with van der Waals surface area (Å²) >= 11 is 0. The molecule has 0 bridgehead atoms. The minimum absolute atomic E-state index is 0.00945. The lowest BCUT2D eigenvalue weighted by molar-refractivity contribution is -0.156. The van der Waals surface area contributed by atoms with Crippen molar-refractivity contribution < 1.29 is 28.9 Å². The molecule has 2 saturated carbocycles. The van der Waals surface area contributed by atoms with Crippen molar-refractivity contribution in [3.63, 3.8) is 0 Å². The topological polar surface area (TPSA) is 85.4 Å². The first-order valence-electron chi connectivity index (χ1n) is 13.4. The molecule has 3 aliphatic carbocycles. The minimum atomic E-state index is -1.01. The van der Waals surface area contributed by atoms with Gasteiger partial charge in [0.05, 0.1) is 5.60 Å². The first-order valence-corrected chi connectivity index (χ1v) is 13.4. The second-order valence-electron chi connectivity index (χ2n) is 12.9. The van der Waals surface area contributed by atoms with Crippen LogP contribution in [0.15, 0.2) is 47.6 Å². The molecule has 36 heavy (non-hydrogen) atoms. The molecular formula is C30H38O6. The van der Waals surface area contributed by atoms with Gasteiger partial charge in [0.1, 0.15) is 23.4 Å². The summed E-state index contributed by atoms with van der Waals surface area (Å²) in [5.74, 6) is -0.395. The van der Waals surface area contributed by atoms with Crippen LogP contribution in [0.25, 0.3) is 0 Å². The smallest absolute Gasteiger partial charge is 0.333 e. The molecule has 9 atom stereocenters. The fraction of sp³-hybridized carbons (Fsp3) is 0.667. The van der Waals surface area contributed by atoms with Gasteiger partial charge in [-0.2, -0.15) is 0 Å². The Hall–Kier alpha value is -2.18. The molecule has 3 aliphatic heterocycles.